The van der Waals surface area contributed by atoms with Crippen LogP contribution in [0.3, 0.4) is 0 Å². The number of hydrogen-bond acceptors (Lipinski definition) is 7. The Hall–Kier alpha value is -2.84. The Morgan fingerprint density at radius 2 is 2.15 bits per heavy atom. The largest absolute Gasteiger partial charge is 0.504 e. The molecule has 0 aromatic heterocycles. The first-order valence-corrected chi connectivity index (χ1v) is 5.44. The van der Waals surface area contributed by atoms with Crippen LogP contribution in [-0.4, -0.2) is 37.5 Å². The van der Waals surface area contributed by atoms with Gasteiger partial charge in [0, 0.05) is 18.1 Å². The van der Waals surface area contributed by atoms with Gasteiger partial charge in [-0.2, -0.15) is 0 Å². The maximum Gasteiger partial charge on any atom is 0.351 e. The number of nitro benzene ring substituents is 1. The molecule has 3 N–H and O–H groups in total. The summed E-state index contributed by atoms with van der Waals surface area (Å²) in [5.41, 5.74) is -2.02. The maximum absolute atomic E-state index is 11.0. The summed E-state index contributed by atoms with van der Waals surface area (Å²) in [5.74, 6) is -2.78. The number of oxime groups is 1. The van der Waals surface area contributed by atoms with Gasteiger partial charge in [0.05, 0.1) is 10.6 Å². The van der Waals surface area contributed by atoms with Crippen LogP contribution in [0.15, 0.2) is 17.3 Å². The average Bonchev–Trinajstić information content (AvgIpc) is 2.76. The van der Waals surface area contributed by atoms with Crippen molar-refractivity contribution in [2.45, 2.75) is 18.9 Å². The summed E-state index contributed by atoms with van der Waals surface area (Å²) >= 11 is 0. The quantitative estimate of drug-likeness (QED) is 0.426. The third kappa shape index (κ3) is 2.09. The van der Waals surface area contributed by atoms with Crippen LogP contribution in [0.4, 0.5) is 5.69 Å². The highest BCUT2D eigenvalue weighted by atomic mass is 16.7. The van der Waals surface area contributed by atoms with Crippen molar-refractivity contribution in [1.29, 1.82) is 0 Å². The number of phenolic OH excluding ortho intramolecular Hbond substituents is 2. The lowest BCUT2D eigenvalue weighted by Crippen LogP contribution is -2.35. The SMILES string of the molecule is CC1(C(=O)O)CC(c2cc(O)c(O)c([N+](=O)[O-])c2)=NO1. The van der Waals surface area contributed by atoms with E-state index in [0.29, 0.717) is 0 Å². The monoisotopic (exact) mass is 282 g/mol. The summed E-state index contributed by atoms with van der Waals surface area (Å²) in [7, 11) is 0. The summed E-state index contributed by atoms with van der Waals surface area (Å²) in [5, 5.41) is 42.1. The van der Waals surface area contributed by atoms with Gasteiger partial charge in [0.15, 0.2) is 5.75 Å². The molecule has 9 nitrogen and oxygen atoms in total. The van der Waals surface area contributed by atoms with E-state index in [1.54, 1.807) is 0 Å². The fourth-order valence-corrected chi connectivity index (χ4v) is 1.72. The Bertz CT molecular complexity index is 640. The van der Waals surface area contributed by atoms with E-state index in [2.05, 4.69) is 5.16 Å². The average molecular weight is 282 g/mol. The molecule has 0 aliphatic carbocycles. The molecule has 2 rings (SSSR count). The molecular weight excluding hydrogens is 272 g/mol. The summed E-state index contributed by atoms with van der Waals surface area (Å²) in [6.07, 6.45) is -0.121. The maximum atomic E-state index is 11.0. The van der Waals surface area contributed by atoms with Gasteiger partial charge in [-0.25, -0.2) is 4.79 Å². The molecule has 1 aliphatic rings. The number of nitro groups is 1. The number of rotatable bonds is 3. The van der Waals surface area contributed by atoms with E-state index in [1.165, 1.54) is 6.92 Å². The fraction of sp³-hybridized carbons (Fsp3) is 0.273. The first-order chi connectivity index (χ1) is 9.24. The Kier molecular flexibility index (Phi) is 2.97. The molecule has 1 aromatic rings. The molecule has 0 amide bonds. The van der Waals surface area contributed by atoms with Crippen molar-refractivity contribution in [2.24, 2.45) is 5.16 Å². The van der Waals surface area contributed by atoms with Gasteiger partial charge >= 0.3 is 11.7 Å². The molecule has 0 saturated carbocycles. The van der Waals surface area contributed by atoms with Crippen molar-refractivity contribution in [1.82, 2.24) is 0 Å². The molecular formula is C11H10N2O7. The third-order valence-corrected chi connectivity index (χ3v) is 2.91. The van der Waals surface area contributed by atoms with Crippen molar-refractivity contribution in [3.8, 4) is 11.5 Å². The summed E-state index contributed by atoms with van der Waals surface area (Å²) < 4.78 is 0. The normalized spacial score (nSPS) is 21.1. The Morgan fingerprint density at radius 1 is 1.50 bits per heavy atom. The van der Waals surface area contributed by atoms with E-state index in [4.69, 9.17) is 9.94 Å². The number of benzene rings is 1. The number of aliphatic carboxylic acids is 1. The molecule has 1 aromatic carbocycles. The van der Waals surface area contributed by atoms with Gasteiger partial charge in [-0.3, -0.25) is 10.1 Å². The van der Waals surface area contributed by atoms with Crippen LogP contribution in [0.2, 0.25) is 0 Å². The number of carboxylic acids is 1. The van der Waals surface area contributed by atoms with Gasteiger partial charge in [0.25, 0.3) is 0 Å². The second kappa shape index (κ2) is 4.37. The number of carboxylic acid groups (broad SMARTS) is 1. The van der Waals surface area contributed by atoms with E-state index in [1.807, 2.05) is 0 Å². The zero-order valence-electron chi connectivity index (χ0n) is 10.2. The van der Waals surface area contributed by atoms with E-state index in [-0.39, 0.29) is 17.7 Å². The van der Waals surface area contributed by atoms with E-state index in [0.717, 1.165) is 12.1 Å². The number of hydrogen-bond donors (Lipinski definition) is 3. The van der Waals surface area contributed by atoms with Gasteiger partial charge in [-0.1, -0.05) is 5.16 Å². The molecule has 20 heavy (non-hydrogen) atoms. The van der Waals surface area contributed by atoms with Crippen molar-refractivity contribution in [2.75, 3.05) is 0 Å². The van der Waals surface area contributed by atoms with Crippen LogP contribution in [0.1, 0.15) is 18.9 Å². The fourth-order valence-electron chi connectivity index (χ4n) is 1.72. The molecule has 9 heteroatoms. The Morgan fingerprint density at radius 3 is 2.65 bits per heavy atom. The molecule has 0 radical (unpaired) electrons. The zero-order valence-corrected chi connectivity index (χ0v) is 10.2. The lowest BCUT2D eigenvalue weighted by Gasteiger charge is -2.14. The predicted molar refractivity (Wildman–Crippen MR) is 64.7 cm³/mol. The lowest BCUT2D eigenvalue weighted by atomic mass is 9.95. The second-order valence-electron chi connectivity index (χ2n) is 4.46. The van der Waals surface area contributed by atoms with Crippen LogP contribution in [-0.2, 0) is 9.63 Å². The van der Waals surface area contributed by atoms with Gasteiger partial charge in [-0.05, 0) is 13.0 Å². The molecule has 0 saturated heterocycles. The van der Waals surface area contributed by atoms with Crippen LogP contribution in [0.25, 0.3) is 0 Å². The summed E-state index contributed by atoms with van der Waals surface area (Å²) in [4.78, 5) is 25.7. The van der Waals surface area contributed by atoms with E-state index < -0.39 is 33.7 Å². The molecule has 106 valence electrons. The molecule has 1 aliphatic heterocycles. The third-order valence-electron chi connectivity index (χ3n) is 2.91. The zero-order chi connectivity index (χ0) is 15.1. The highest BCUT2D eigenvalue weighted by molar-refractivity contribution is 6.05. The first-order valence-electron chi connectivity index (χ1n) is 5.44. The van der Waals surface area contributed by atoms with Crippen LogP contribution >= 0.6 is 0 Å². The minimum atomic E-state index is -1.56. The van der Waals surface area contributed by atoms with Crippen LogP contribution in [0.5, 0.6) is 11.5 Å². The number of aromatic hydroxyl groups is 2. The van der Waals surface area contributed by atoms with Gasteiger partial charge in [0.2, 0.25) is 11.4 Å². The van der Waals surface area contributed by atoms with Crippen molar-refractivity contribution >= 4 is 17.4 Å². The van der Waals surface area contributed by atoms with Gasteiger partial charge in [-0.15, -0.1) is 0 Å². The smallest absolute Gasteiger partial charge is 0.351 e. The van der Waals surface area contributed by atoms with E-state index >= 15 is 0 Å². The molecule has 0 bridgehead atoms. The van der Waals surface area contributed by atoms with Gasteiger partial charge in [0.1, 0.15) is 0 Å². The standard InChI is InChI=1S/C11H10N2O7/c1-11(10(16)17)4-6(12-20-11)5-2-7(13(18)19)9(15)8(14)3-5/h2-3,14-15H,4H2,1H3,(H,16,17). The topological polar surface area (TPSA) is 142 Å². The molecule has 0 spiro atoms. The second-order valence-corrected chi connectivity index (χ2v) is 4.46. The lowest BCUT2D eigenvalue weighted by molar-refractivity contribution is -0.386. The summed E-state index contributed by atoms with van der Waals surface area (Å²) in [6.45, 7) is 1.31. The highest BCUT2D eigenvalue weighted by Crippen LogP contribution is 2.38. The molecule has 1 heterocycles. The molecule has 1 atom stereocenters. The van der Waals surface area contributed by atoms with Crippen LogP contribution in [0, 0.1) is 10.1 Å². The first kappa shape index (κ1) is 13.6. The predicted octanol–water partition coefficient (Wildman–Crippen LogP) is 0.974. The van der Waals surface area contributed by atoms with Crippen molar-refractivity contribution in [3.05, 3.63) is 27.8 Å². The van der Waals surface area contributed by atoms with E-state index in [9.17, 15) is 25.1 Å². The highest BCUT2D eigenvalue weighted by Gasteiger charge is 2.42. The van der Waals surface area contributed by atoms with Gasteiger partial charge < -0.3 is 20.2 Å². The number of carbonyl (C=O) groups is 1. The Balaban J connectivity index is 2.41. The minimum Gasteiger partial charge on any atom is -0.504 e. The number of nitrogens with zero attached hydrogens (tertiary/aromatic N) is 2. The minimum absolute atomic E-state index is 0.108. The molecule has 1 unspecified atom stereocenters. The molecule has 0 fully saturated rings. The van der Waals surface area contributed by atoms with Crippen molar-refractivity contribution < 1.29 is 29.9 Å². The number of phenols is 2. The Labute approximate surface area is 111 Å². The summed E-state index contributed by atoms with van der Waals surface area (Å²) in [6, 6.07) is 2.04. The van der Waals surface area contributed by atoms with Crippen LogP contribution < -0.4 is 0 Å². The van der Waals surface area contributed by atoms with Crippen molar-refractivity contribution in [3.63, 3.8) is 0 Å².